The number of thiophene rings is 1. The highest BCUT2D eigenvalue weighted by atomic mass is 35.5. The summed E-state index contributed by atoms with van der Waals surface area (Å²) < 4.78 is 11.0. The van der Waals surface area contributed by atoms with E-state index in [1.165, 1.54) is 23.1 Å². The van der Waals surface area contributed by atoms with Crippen LogP contribution in [0.25, 0.3) is 6.08 Å². The molecule has 0 saturated heterocycles. The van der Waals surface area contributed by atoms with Crippen LogP contribution in [0.2, 0.25) is 5.02 Å². The number of nitrogens with one attached hydrogen (secondary N) is 3. The Bertz CT molecular complexity index is 2360. The van der Waals surface area contributed by atoms with Gasteiger partial charge in [0.25, 0.3) is 11.8 Å². The van der Waals surface area contributed by atoms with Crippen LogP contribution in [0, 0.1) is 0 Å². The summed E-state index contributed by atoms with van der Waals surface area (Å²) in [5, 5.41) is 8.73. The zero-order chi connectivity index (χ0) is 42.1. The lowest BCUT2D eigenvalue weighted by Crippen LogP contribution is -2.39. The topological polar surface area (TPSA) is 143 Å². The number of benzene rings is 4. The number of rotatable bonds is 12. The first kappa shape index (κ1) is 42.7. The molecule has 5 aromatic rings. The number of amides is 4. The molecular weight excluding hydrogens is 808 g/mol. The zero-order valence-electron chi connectivity index (χ0n) is 32.9. The van der Waals surface area contributed by atoms with Gasteiger partial charge in [0, 0.05) is 32.6 Å². The van der Waals surface area contributed by atoms with Gasteiger partial charge >= 0.3 is 12.1 Å². The van der Waals surface area contributed by atoms with E-state index in [1.807, 2.05) is 36.4 Å². The van der Waals surface area contributed by atoms with Crippen molar-refractivity contribution in [3.63, 3.8) is 0 Å². The van der Waals surface area contributed by atoms with Gasteiger partial charge in [-0.05, 0) is 99.3 Å². The summed E-state index contributed by atoms with van der Waals surface area (Å²) in [6.45, 7) is 7.83. The highest BCUT2D eigenvalue weighted by molar-refractivity contribution is 8.00. The van der Waals surface area contributed by atoms with E-state index >= 15 is 0 Å². The molecule has 6 rings (SSSR count). The van der Waals surface area contributed by atoms with E-state index < -0.39 is 34.7 Å². The van der Waals surface area contributed by atoms with E-state index in [0.717, 1.165) is 10.4 Å². The monoisotopic (exact) mass is 850 g/mol. The number of anilines is 2. The summed E-state index contributed by atoms with van der Waals surface area (Å²) in [6.07, 6.45) is 1.49. The molecule has 0 radical (unpaired) electrons. The molecule has 4 aromatic carbocycles. The first-order valence-corrected chi connectivity index (χ1v) is 20.9. The Morgan fingerprint density at radius 1 is 0.898 bits per heavy atom. The average Bonchev–Trinajstić information content (AvgIpc) is 3.57. The standard InChI is InChI=1S/C45H43ClN4O7S2/c1-5-56-43(54)37-34-23-24-50(44(55)57-45(2,3)4)27-36(34)59-42(37)49-41(53)38(29-13-8-6-9-14-29)58-33-18-12-17-32(26-33)47-40(52)35(25-28-19-21-31(46)22-20-28)48-39(51)30-15-10-7-11-16-30/h6-22,25-26,38H,5,23-24,27H2,1-4H3,(H,47,52)(H,48,51)(H,49,53)/b35-25+. The van der Waals surface area contributed by atoms with Crippen molar-refractivity contribution in [2.45, 2.75) is 56.4 Å². The fourth-order valence-corrected chi connectivity index (χ4v) is 8.58. The van der Waals surface area contributed by atoms with Crippen LogP contribution in [0.4, 0.5) is 15.5 Å². The van der Waals surface area contributed by atoms with Gasteiger partial charge in [-0.2, -0.15) is 0 Å². The van der Waals surface area contributed by atoms with E-state index in [4.69, 9.17) is 21.1 Å². The molecule has 0 spiro atoms. The molecule has 0 bridgehead atoms. The number of fused-ring (bicyclic) bond motifs is 1. The van der Waals surface area contributed by atoms with Gasteiger partial charge in [0.2, 0.25) is 5.91 Å². The molecule has 304 valence electrons. The van der Waals surface area contributed by atoms with Crippen LogP contribution in [-0.2, 0) is 32.0 Å². The predicted molar refractivity (Wildman–Crippen MR) is 233 cm³/mol. The predicted octanol–water partition coefficient (Wildman–Crippen LogP) is 9.75. The van der Waals surface area contributed by atoms with E-state index in [-0.39, 0.29) is 30.3 Å². The Balaban J connectivity index is 1.25. The molecule has 3 N–H and O–H groups in total. The SMILES string of the molecule is CCOC(=O)c1c(NC(=O)C(Sc2cccc(NC(=O)/C(=C\c3ccc(Cl)cc3)NC(=O)c3ccccc3)c2)c2ccccc2)sc2c1CCN(C(=O)OC(C)(C)C)C2. The Morgan fingerprint density at radius 3 is 2.27 bits per heavy atom. The van der Waals surface area contributed by atoms with Crippen LogP contribution >= 0.6 is 34.7 Å². The summed E-state index contributed by atoms with van der Waals surface area (Å²) in [7, 11) is 0. The quantitative estimate of drug-likeness (QED) is 0.0640. The Morgan fingerprint density at radius 2 is 1.59 bits per heavy atom. The fraction of sp³-hybridized carbons (Fsp3) is 0.222. The molecule has 1 aliphatic heterocycles. The molecule has 1 atom stereocenters. The molecule has 14 heteroatoms. The van der Waals surface area contributed by atoms with Gasteiger partial charge in [-0.3, -0.25) is 14.4 Å². The Hall–Kier alpha value is -5.89. The van der Waals surface area contributed by atoms with E-state index in [0.29, 0.717) is 50.3 Å². The number of hydrogen-bond acceptors (Lipinski definition) is 9. The molecule has 0 fully saturated rings. The number of ether oxygens (including phenoxy) is 2. The van der Waals surface area contributed by atoms with Crippen molar-refractivity contribution in [3.05, 3.63) is 153 Å². The molecule has 4 amide bonds. The number of carbonyl (C=O) groups is 5. The number of thioether (sulfide) groups is 1. The number of halogens is 1. The molecular formula is C45H43ClN4O7S2. The van der Waals surface area contributed by atoms with Gasteiger partial charge in [-0.1, -0.05) is 78.3 Å². The van der Waals surface area contributed by atoms with Gasteiger partial charge < -0.3 is 30.3 Å². The third kappa shape index (κ3) is 11.4. The first-order valence-electron chi connectivity index (χ1n) is 18.8. The molecule has 0 aliphatic carbocycles. The van der Waals surface area contributed by atoms with Crippen molar-refractivity contribution >= 4 is 81.2 Å². The van der Waals surface area contributed by atoms with Crippen LogP contribution in [0.15, 0.2) is 120 Å². The lowest BCUT2D eigenvalue weighted by Gasteiger charge is -2.30. The van der Waals surface area contributed by atoms with Gasteiger partial charge in [0.05, 0.1) is 18.7 Å². The summed E-state index contributed by atoms with van der Waals surface area (Å²) >= 11 is 8.58. The lowest BCUT2D eigenvalue weighted by atomic mass is 10.0. The molecule has 59 heavy (non-hydrogen) atoms. The van der Waals surface area contributed by atoms with Crippen LogP contribution in [-0.4, -0.2) is 53.4 Å². The van der Waals surface area contributed by atoms with Crippen molar-refractivity contribution in [1.29, 1.82) is 0 Å². The average molecular weight is 851 g/mol. The van der Waals surface area contributed by atoms with Crippen molar-refractivity contribution < 1.29 is 33.4 Å². The van der Waals surface area contributed by atoms with Crippen molar-refractivity contribution in [1.82, 2.24) is 10.2 Å². The van der Waals surface area contributed by atoms with E-state index in [9.17, 15) is 24.0 Å². The van der Waals surface area contributed by atoms with Gasteiger partial charge in [0.15, 0.2) is 0 Å². The van der Waals surface area contributed by atoms with Gasteiger partial charge in [-0.25, -0.2) is 9.59 Å². The third-order valence-corrected chi connectivity index (χ3v) is 11.5. The summed E-state index contributed by atoms with van der Waals surface area (Å²) in [6, 6.07) is 31.6. The second-order valence-electron chi connectivity index (χ2n) is 14.4. The maximum absolute atomic E-state index is 14.4. The van der Waals surface area contributed by atoms with Gasteiger partial charge in [0.1, 0.15) is 21.5 Å². The van der Waals surface area contributed by atoms with Crippen molar-refractivity contribution in [2.24, 2.45) is 0 Å². The minimum atomic E-state index is -0.792. The minimum Gasteiger partial charge on any atom is -0.462 e. The second-order valence-corrected chi connectivity index (χ2v) is 17.1. The largest absolute Gasteiger partial charge is 0.462 e. The fourth-order valence-electron chi connectivity index (χ4n) is 6.12. The maximum Gasteiger partial charge on any atom is 0.410 e. The number of carbonyl (C=O) groups excluding carboxylic acids is 5. The molecule has 1 aromatic heterocycles. The van der Waals surface area contributed by atoms with E-state index in [2.05, 4.69) is 16.0 Å². The lowest BCUT2D eigenvalue weighted by molar-refractivity contribution is -0.116. The summed E-state index contributed by atoms with van der Waals surface area (Å²) in [5.74, 6) is -1.97. The Labute approximate surface area is 356 Å². The Kier molecular flexibility index (Phi) is 13.9. The van der Waals surface area contributed by atoms with E-state index in [1.54, 1.807) is 111 Å². The smallest absolute Gasteiger partial charge is 0.410 e. The number of esters is 1. The number of nitrogens with zero attached hydrogens (tertiary/aromatic N) is 1. The molecule has 1 aliphatic rings. The molecule has 1 unspecified atom stereocenters. The highest BCUT2D eigenvalue weighted by Crippen LogP contribution is 2.41. The maximum atomic E-state index is 14.4. The van der Waals surface area contributed by atoms with Crippen LogP contribution in [0.3, 0.4) is 0 Å². The van der Waals surface area contributed by atoms with Crippen molar-refractivity contribution in [2.75, 3.05) is 23.8 Å². The van der Waals surface area contributed by atoms with Crippen LogP contribution in [0.5, 0.6) is 0 Å². The number of hydrogen-bond donors (Lipinski definition) is 3. The molecule has 2 heterocycles. The van der Waals surface area contributed by atoms with Crippen molar-refractivity contribution in [3.8, 4) is 0 Å². The second kappa shape index (κ2) is 19.2. The normalized spacial score (nSPS) is 13.1. The van der Waals surface area contributed by atoms with Crippen LogP contribution < -0.4 is 16.0 Å². The summed E-state index contributed by atoms with van der Waals surface area (Å²) in [4.78, 5) is 70.7. The minimum absolute atomic E-state index is 0.00559. The summed E-state index contributed by atoms with van der Waals surface area (Å²) in [5.41, 5.74) is 2.51. The van der Waals surface area contributed by atoms with Gasteiger partial charge in [-0.15, -0.1) is 23.1 Å². The first-order chi connectivity index (χ1) is 28.3. The van der Waals surface area contributed by atoms with Crippen LogP contribution in [0.1, 0.15) is 75.2 Å². The zero-order valence-corrected chi connectivity index (χ0v) is 35.3. The third-order valence-electron chi connectivity index (χ3n) is 8.82. The molecule has 11 nitrogen and oxygen atoms in total. The highest BCUT2D eigenvalue weighted by Gasteiger charge is 2.34. The molecule has 0 saturated carbocycles.